The lowest BCUT2D eigenvalue weighted by Crippen LogP contribution is -2.45. The number of likely N-dealkylation sites (tertiary alicyclic amines) is 1. The van der Waals surface area contributed by atoms with Crippen molar-refractivity contribution in [3.8, 4) is 0 Å². The van der Waals surface area contributed by atoms with Gasteiger partial charge in [-0.1, -0.05) is 0 Å². The molecule has 0 bridgehead atoms. The zero-order chi connectivity index (χ0) is 28.7. The lowest BCUT2D eigenvalue weighted by atomic mass is 9.79. The van der Waals surface area contributed by atoms with Crippen molar-refractivity contribution in [2.75, 3.05) is 31.1 Å². The van der Waals surface area contributed by atoms with Gasteiger partial charge < -0.3 is 15.1 Å². The van der Waals surface area contributed by atoms with E-state index in [4.69, 9.17) is 19.8 Å². The fourth-order valence-electron chi connectivity index (χ4n) is 4.15. The summed E-state index contributed by atoms with van der Waals surface area (Å²) in [6.45, 7) is 5.09. The van der Waals surface area contributed by atoms with Crippen LogP contribution in [0.3, 0.4) is 0 Å². The van der Waals surface area contributed by atoms with Crippen LogP contribution in [0.5, 0.6) is 0 Å². The van der Waals surface area contributed by atoms with E-state index >= 15 is 0 Å². The lowest BCUT2D eigenvalue weighted by molar-refractivity contribution is -0.193. The Morgan fingerprint density at radius 1 is 0.947 bits per heavy atom. The van der Waals surface area contributed by atoms with Crippen LogP contribution in [-0.2, 0) is 23.2 Å². The van der Waals surface area contributed by atoms with Crippen molar-refractivity contribution >= 4 is 17.9 Å². The molecule has 2 aliphatic rings. The maximum Gasteiger partial charge on any atom is 0.490 e. The maximum absolute atomic E-state index is 13.1. The second kappa shape index (κ2) is 12.4. The van der Waals surface area contributed by atoms with E-state index in [2.05, 4.69) is 31.1 Å². The number of aromatic nitrogens is 4. The van der Waals surface area contributed by atoms with Gasteiger partial charge in [-0.15, -0.1) is 0 Å². The predicted octanol–water partition coefficient (Wildman–Crippen LogP) is 3.11. The Hall–Kier alpha value is -3.50. The summed E-state index contributed by atoms with van der Waals surface area (Å²) in [5, 5.41) is 18.5. The zero-order valence-electron chi connectivity index (χ0n) is 20.0. The first-order chi connectivity index (χ1) is 17.5. The molecule has 17 heteroatoms. The molecular weight excluding hydrogens is 533 g/mol. The molecule has 2 aliphatic heterocycles. The Balaban J connectivity index is 0.000000301. The Bertz CT molecular complexity index is 1050. The maximum atomic E-state index is 13.1. The van der Waals surface area contributed by atoms with Crippen molar-refractivity contribution in [3.63, 3.8) is 0 Å². The number of carbonyl (C=O) groups is 2. The van der Waals surface area contributed by atoms with Crippen molar-refractivity contribution in [3.05, 3.63) is 36.2 Å². The van der Waals surface area contributed by atoms with E-state index < -0.39 is 24.3 Å². The Labute approximate surface area is 211 Å². The summed E-state index contributed by atoms with van der Waals surface area (Å²) in [5.41, 5.74) is 1.57. The fourth-order valence-corrected chi connectivity index (χ4v) is 4.15. The van der Waals surface area contributed by atoms with Crippen molar-refractivity contribution < 1.29 is 50.5 Å². The smallest absolute Gasteiger partial charge is 0.475 e. The summed E-state index contributed by atoms with van der Waals surface area (Å²) < 4.78 is 78.4. The highest BCUT2D eigenvalue weighted by atomic mass is 19.4. The first-order valence-corrected chi connectivity index (χ1v) is 11.0. The van der Waals surface area contributed by atoms with Gasteiger partial charge in [-0.25, -0.2) is 23.9 Å². The number of carboxylic acid groups (broad SMARTS) is 2. The summed E-state index contributed by atoms with van der Waals surface area (Å²) in [4.78, 5) is 30.9. The number of hydrogen-bond acceptors (Lipinski definition) is 7. The molecule has 2 fully saturated rings. The summed E-state index contributed by atoms with van der Waals surface area (Å²) in [6, 6.07) is 0. The van der Waals surface area contributed by atoms with Crippen LogP contribution in [0, 0.1) is 11.2 Å². The van der Waals surface area contributed by atoms with Gasteiger partial charge in [0.25, 0.3) is 0 Å². The number of carboxylic acids is 2. The molecule has 10 nitrogen and oxygen atoms in total. The predicted molar refractivity (Wildman–Crippen MR) is 116 cm³/mol. The highest BCUT2D eigenvalue weighted by molar-refractivity contribution is 5.73. The summed E-state index contributed by atoms with van der Waals surface area (Å²) in [5.74, 6) is -5.24. The average molecular weight is 558 g/mol. The Morgan fingerprint density at radius 2 is 1.50 bits per heavy atom. The number of nitrogens with zero attached hydrogens (tertiary/aromatic N) is 6. The van der Waals surface area contributed by atoms with Gasteiger partial charge in [0.15, 0.2) is 5.82 Å². The van der Waals surface area contributed by atoms with Crippen molar-refractivity contribution in [1.82, 2.24) is 24.6 Å². The Morgan fingerprint density at radius 3 is 1.97 bits per heavy atom. The molecule has 2 aromatic rings. The quantitative estimate of drug-likeness (QED) is 0.547. The van der Waals surface area contributed by atoms with Crippen molar-refractivity contribution in [1.29, 1.82) is 0 Å². The number of aryl methyl sites for hydroxylation is 1. The minimum atomic E-state index is -5.08. The monoisotopic (exact) mass is 558 g/mol. The Kier molecular flexibility index (Phi) is 9.99. The first-order valence-electron chi connectivity index (χ1n) is 11.0. The average Bonchev–Trinajstić information content (AvgIpc) is 3.39. The molecule has 4 heterocycles. The summed E-state index contributed by atoms with van der Waals surface area (Å²) in [7, 11) is 1.96. The molecule has 0 aromatic carbocycles. The van der Waals surface area contributed by atoms with Gasteiger partial charge in [-0.05, 0) is 25.8 Å². The summed E-state index contributed by atoms with van der Waals surface area (Å²) in [6.07, 6.45) is -0.0321. The largest absolute Gasteiger partial charge is 0.490 e. The highest BCUT2D eigenvalue weighted by Crippen LogP contribution is 2.40. The molecular formula is C21H25F7N6O4. The minimum Gasteiger partial charge on any atom is -0.475 e. The molecule has 1 unspecified atom stereocenters. The normalized spacial score (nSPS) is 19.8. The molecule has 4 rings (SSSR count). The van der Waals surface area contributed by atoms with Gasteiger partial charge in [0.2, 0.25) is 5.95 Å². The van der Waals surface area contributed by atoms with Crippen LogP contribution in [0.1, 0.15) is 24.8 Å². The minimum absolute atomic E-state index is 0.304. The van der Waals surface area contributed by atoms with Crippen LogP contribution in [-0.4, -0.2) is 85.3 Å². The van der Waals surface area contributed by atoms with E-state index in [1.807, 2.05) is 17.9 Å². The van der Waals surface area contributed by atoms with Gasteiger partial charge >= 0.3 is 24.3 Å². The van der Waals surface area contributed by atoms with Crippen LogP contribution in [0.15, 0.2) is 24.8 Å². The molecule has 0 radical (unpaired) electrons. The molecule has 0 amide bonds. The molecule has 1 atom stereocenters. The van der Waals surface area contributed by atoms with Crippen LogP contribution in [0.2, 0.25) is 0 Å². The number of rotatable bonds is 3. The number of halogens is 7. The molecule has 2 N–H and O–H groups in total. The zero-order valence-corrected chi connectivity index (χ0v) is 20.0. The number of aliphatic carboxylic acids is 2. The molecule has 38 heavy (non-hydrogen) atoms. The number of anilines is 1. The van der Waals surface area contributed by atoms with Gasteiger partial charge in [0, 0.05) is 50.4 Å². The van der Waals surface area contributed by atoms with Crippen LogP contribution in [0.4, 0.5) is 36.7 Å². The third kappa shape index (κ3) is 9.42. The van der Waals surface area contributed by atoms with Crippen molar-refractivity contribution in [2.24, 2.45) is 12.5 Å². The summed E-state index contributed by atoms with van der Waals surface area (Å²) >= 11 is 0. The number of hydrogen-bond donors (Lipinski definition) is 2. The molecule has 0 aliphatic carbocycles. The second-order valence-electron chi connectivity index (χ2n) is 8.82. The standard InChI is InChI=1S/C17H23FN6.2C2HF3O2/c1-22-10-14(7-21-22)11-23-6-4-17(12-23)3-2-5-24(13-17)16-19-8-15(18)9-20-16;2*3-2(4,5)1(6)7/h7-10H,2-6,11-13H2,1H3;2*(H,6,7). The number of alkyl halides is 6. The fraction of sp³-hybridized carbons (Fsp3) is 0.571. The molecule has 2 saturated heterocycles. The lowest BCUT2D eigenvalue weighted by Gasteiger charge is -2.40. The molecule has 2 aromatic heterocycles. The second-order valence-corrected chi connectivity index (χ2v) is 8.82. The van der Waals surface area contributed by atoms with Gasteiger partial charge in [-0.3, -0.25) is 9.58 Å². The first kappa shape index (κ1) is 30.7. The third-order valence-corrected chi connectivity index (χ3v) is 5.72. The highest BCUT2D eigenvalue weighted by Gasteiger charge is 2.42. The van der Waals surface area contributed by atoms with E-state index in [-0.39, 0.29) is 5.82 Å². The van der Waals surface area contributed by atoms with Crippen LogP contribution < -0.4 is 4.90 Å². The molecule has 0 saturated carbocycles. The molecule has 1 spiro atoms. The SMILES string of the molecule is Cn1cc(CN2CCC3(CCCN(c4ncc(F)cn4)C3)C2)cn1.O=C(O)C(F)(F)F.O=C(O)C(F)(F)F. The van der Waals surface area contributed by atoms with Gasteiger partial charge in [0.05, 0.1) is 18.6 Å². The van der Waals surface area contributed by atoms with E-state index in [0.717, 1.165) is 39.1 Å². The topological polar surface area (TPSA) is 125 Å². The molecule has 212 valence electrons. The van der Waals surface area contributed by atoms with E-state index in [0.29, 0.717) is 11.4 Å². The third-order valence-electron chi connectivity index (χ3n) is 5.72. The van der Waals surface area contributed by atoms with Crippen LogP contribution in [0.25, 0.3) is 0 Å². The van der Waals surface area contributed by atoms with E-state index in [9.17, 15) is 30.7 Å². The number of piperidine rings is 1. The van der Waals surface area contributed by atoms with Gasteiger partial charge in [-0.2, -0.15) is 31.4 Å². The van der Waals surface area contributed by atoms with E-state index in [1.165, 1.54) is 30.8 Å². The van der Waals surface area contributed by atoms with Gasteiger partial charge in [0.1, 0.15) is 0 Å². The van der Waals surface area contributed by atoms with E-state index in [1.54, 1.807) is 0 Å². The van der Waals surface area contributed by atoms with Crippen LogP contribution >= 0.6 is 0 Å². The van der Waals surface area contributed by atoms with Crippen molar-refractivity contribution in [2.45, 2.75) is 38.2 Å².